The summed E-state index contributed by atoms with van der Waals surface area (Å²) >= 11 is -1.24. The van der Waals surface area contributed by atoms with Crippen molar-refractivity contribution in [3.8, 4) is 11.3 Å². The van der Waals surface area contributed by atoms with Crippen LogP contribution in [0, 0.1) is 6.92 Å². The average Bonchev–Trinajstić information content (AvgIpc) is 3.09. The minimum Gasteiger partial charge on any atom is -0.611 e. The molecule has 0 bridgehead atoms. The Balaban J connectivity index is 1.50. The van der Waals surface area contributed by atoms with Crippen LogP contribution in [0.15, 0.2) is 53.8 Å². The van der Waals surface area contributed by atoms with Gasteiger partial charge in [-0.3, -0.25) is 4.98 Å². The number of aliphatic hydroxyl groups excluding tert-OH is 1. The molecule has 8 heteroatoms. The van der Waals surface area contributed by atoms with Crippen LogP contribution in [0.1, 0.15) is 11.1 Å². The third kappa shape index (κ3) is 3.26. The van der Waals surface area contributed by atoms with Gasteiger partial charge in [-0.2, -0.15) is 0 Å². The van der Waals surface area contributed by atoms with E-state index in [2.05, 4.69) is 19.9 Å². The normalized spacial score (nSPS) is 17.6. The Morgan fingerprint density at radius 1 is 1.17 bits per heavy atom. The molecule has 2 aliphatic rings. The van der Waals surface area contributed by atoms with Gasteiger partial charge in [0.15, 0.2) is 4.90 Å². The number of anilines is 2. The molecule has 1 N–H and O–H groups in total. The van der Waals surface area contributed by atoms with Gasteiger partial charge in [0.25, 0.3) is 0 Å². The Morgan fingerprint density at radius 2 is 1.97 bits per heavy atom. The lowest BCUT2D eigenvalue weighted by Crippen LogP contribution is -2.49. The lowest BCUT2D eigenvalue weighted by Gasteiger charge is -2.38. The molecule has 0 saturated carbocycles. The highest BCUT2D eigenvalue weighted by atomic mass is 32.2. The molecule has 1 spiro atoms. The van der Waals surface area contributed by atoms with E-state index < -0.39 is 11.2 Å². The van der Waals surface area contributed by atoms with E-state index in [0.717, 1.165) is 29.1 Å². The minimum absolute atomic E-state index is 0.0769. The number of hydrogen-bond donors (Lipinski definition) is 1. The zero-order chi connectivity index (χ0) is 20.7. The highest BCUT2D eigenvalue weighted by Crippen LogP contribution is 2.48. The molecule has 1 atom stereocenters. The molecule has 154 valence electrons. The first-order chi connectivity index (χ1) is 14.6. The smallest absolute Gasteiger partial charge is 0.229 e. The van der Waals surface area contributed by atoms with E-state index in [9.17, 15) is 4.55 Å². The van der Waals surface area contributed by atoms with Crippen molar-refractivity contribution in [1.29, 1.82) is 0 Å². The van der Waals surface area contributed by atoms with Crippen LogP contribution in [-0.4, -0.2) is 56.7 Å². The monoisotopic (exact) mass is 422 g/mol. The van der Waals surface area contributed by atoms with E-state index >= 15 is 0 Å². The summed E-state index contributed by atoms with van der Waals surface area (Å²) in [6, 6.07) is 9.83. The third-order valence-electron chi connectivity index (χ3n) is 5.68. The van der Waals surface area contributed by atoms with Crippen LogP contribution in [0.5, 0.6) is 0 Å². The molecule has 0 radical (unpaired) electrons. The Labute approximate surface area is 178 Å². The molecule has 2 aliphatic heterocycles. The second kappa shape index (κ2) is 7.63. The molecule has 1 saturated heterocycles. The topological polar surface area (TPSA) is 94.4 Å². The van der Waals surface area contributed by atoms with Crippen molar-refractivity contribution in [3.63, 3.8) is 0 Å². The van der Waals surface area contributed by atoms with E-state index in [4.69, 9.17) is 9.84 Å². The van der Waals surface area contributed by atoms with Gasteiger partial charge in [0, 0.05) is 36.8 Å². The SMILES string of the molecule is Cc1ccnc(-c2cnc(N3CC4(COC4)c4ccc([S+]([O-])CCO)cc43)nc2)c1. The highest BCUT2D eigenvalue weighted by molar-refractivity contribution is 7.91. The fourth-order valence-corrected chi connectivity index (χ4v) is 4.92. The largest absolute Gasteiger partial charge is 0.611 e. The number of aromatic nitrogens is 3. The average molecular weight is 423 g/mol. The van der Waals surface area contributed by atoms with Crippen LogP contribution in [-0.2, 0) is 21.3 Å². The number of rotatable bonds is 5. The van der Waals surface area contributed by atoms with Crippen LogP contribution in [0.4, 0.5) is 11.6 Å². The van der Waals surface area contributed by atoms with Gasteiger partial charge in [0.05, 0.1) is 36.6 Å². The van der Waals surface area contributed by atoms with Crippen molar-refractivity contribution in [2.75, 3.05) is 37.0 Å². The lowest BCUT2D eigenvalue weighted by molar-refractivity contribution is -0.0507. The van der Waals surface area contributed by atoms with Gasteiger partial charge in [0.1, 0.15) is 5.75 Å². The fourth-order valence-electron chi connectivity index (χ4n) is 4.06. The molecule has 3 aromatic rings. The molecule has 1 unspecified atom stereocenters. The maximum atomic E-state index is 12.4. The molecule has 0 amide bonds. The molecule has 4 heterocycles. The number of pyridine rings is 1. The summed E-state index contributed by atoms with van der Waals surface area (Å²) in [6.45, 7) is 3.95. The van der Waals surface area contributed by atoms with E-state index in [1.165, 1.54) is 5.56 Å². The first-order valence-electron chi connectivity index (χ1n) is 9.84. The maximum Gasteiger partial charge on any atom is 0.229 e. The van der Waals surface area contributed by atoms with Gasteiger partial charge < -0.3 is 19.3 Å². The standard InChI is InChI=1S/C22H22N4O3S/c1-15-4-5-23-19(8-15)16-10-24-21(25-11-16)26-12-22(13-29-14-22)18-3-2-17(9-20(18)26)30(28)7-6-27/h2-5,8-11,27H,6-7,12-14H2,1H3. The van der Waals surface area contributed by atoms with Crippen LogP contribution in [0.3, 0.4) is 0 Å². The Kier molecular flexibility index (Phi) is 4.94. The van der Waals surface area contributed by atoms with E-state index in [1.54, 1.807) is 18.6 Å². The van der Waals surface area contributed by atoms with Crippen molar-refractivity contribution in [2.45, 2.75) is 17.2 Å². The number of aryl methyl sites for hydroxylation is 1. The predicted molar refractivity (Wildman–Crippen MR) is 114 cm³/mol. The summed E-state index contributed by atoms with van der Waals surface area (Å²) in [5.41, 5.74) is 4.89. The summed E-state index contributed by atoms with van der Waals surface area (Å²) in [6.07, 6.45) is 5.36. The number of fused-ring (bicyclic) bond motifs is 2. The quantitative estimate of drug-likeness (QED) is 0.631. The fraction of sp³-hybridized carbons (Fsp3) is 0.318. The van der Waals surface area contributed by atoms with Crippen molar-refractivity contribution >= 4 is 22.8 Å². The number of nitrogens with zero attached hydrogens (tertiary/aromatic N) is 4. The first-order valence-corrected chi connectivity index (χ1v) is 11.2. The third-order valence-corrected chi connectivity index (χ3v) is 7.01. The summed E-state index contributed by atoms with van der Waals surface area (Å²) in [4.78, 5) is 16.4. The Hall–Kier alpha value is -2.52. The van der Waals surface area contributed by atoms with Gasteiger partial charge in [-0.1, -0.05) is 6.07 Å². The van der Waals surface area contributed by atoms with Crippen molar-refractivity contribution < 1.29 is 14.4 Å². The van der Waals surface area contributed by atoms with Gasteiger partial charge in [-0.05, 0) is 47.4 Å². The van der Waals surface area contributed by atoms with Crippen LogP contribution < -0.4 is 4.90 Å². The molecule has 30 heavy (non-hydrogen) atoms. The Morgan fingerprint density at radius 3 is 2.63 bits per heavy atom. The first kappa shape index (κ1) is 19.4. The van der Waals surface area contributed by atoms with Crippen LogP contribution in [0.25, 0.3) is 11.3 Å². The second-order valence-corrected chi connectivity index (χ2v) is 9.37. The van der Waals surface area contributed by atoms with Crippen molar-refractivity contribution in [1.82, 2.24) is 15.0 Å². The van der Waals surface area contributed by atoms with Gasteiger partial charge >= 0.3 is 0 Å². The Bertz CT molecular complexity index is 1070. The number of benzene rings is 1. The second-order valence-electron chi connectivity index (χ2n) is 7.80. The number of aliphatic hydroxyl groups is 1. The van der Waals surface area contributed by atoms with Crippen molar-refractivity contribution in [3.05, 3.63) is 60.0 Å². The zero-order valence-electron chi connectivity index (χ0n) is 16.6. The van der Waals surface area contributed by atoms with Crippen LogP contribution >= 0.6 is 0 Å². The molecule has 1 fully saturated rings. The summed E-state index contributed by atoms with van der Waals surface area (Å²) in [5.74, 6) is 0.823. The molecule has 0 aliphatic carbocycles. The molecular weight excluding hydrogens is 400 g/mol. The lowest BCUT2D eigenvalue weighted by atomic mass is 9.81. The highest BCUT2D eigenvalue weighted by Gasteiger charge is 2.49. The molecular formula is C22H22N4O3S. The molecule has 7 nitrogen and oxygen atoms in total. The summed E-state index contributed by atoms with van der Waals surface area (Å²) in [5, 5.41) is 9.14. The predicted octanol–water partition coefficient (Wildman–Crippen LogP) is 2.37. The van der Waals surface area contributed by atoms with Gasteiger partial charge in [-0.25, -0.2) is 9.97 Å². The summed E-state index contributed by atoms with van der Waals surface area (Å²) < 4.78 is 18.0. The van der Waals surface area contributed by atoms with E-state index in [1.807, 2.05) is 37.3 Å². The van der Waals surface area contributed by atoms with E-state index in [-0.39, 0.29) is 17.8 Å². The zero-order valence-corrected chi connectivity index (χ0v) is 17.4. The molecule has 5 rings (SSSR count). The number of hydrogen-bond acceptors (Lipinski definition) is 7. The van der Waals surface area contributed by atoms with E-state index in [0.29, 0.717) is 24.1 Å². The van der Waals surface area contributed by atoms with Crippen LogP contribution in [0.2, 0.25) is 0 Å². The summed E-state index contributed by atoms with van der Waals surface area (Å²) in [7, 11) is 0. The van der Waals surface area contributed by atoms with Gasteiger partial charge in [-0.15, -0.1) is 0 Å². The van der Waals surface area contributed by atoms with Gasteiger partial charge in [0.2, 0.25) is 5.95 Å². The van der Waals surface area contributed by atoms with Crippen molar-refractivity contribution in [2.24, 2.45) is 0 Å². The maximum absolute atomic E-state index is 12.4. The minimum atomic E-state index is -1.24. The molecule has 1 aromatic carbocycles. The number of ether oxygens (including phenoxy) is 1. The molecule has 2 aromatic heterocycles.